The number of benzene rings is 1. The molecule has 1 aromatic heterocycles. The summed E-state index contributed by atoms with van der Waals surface area (Å²) in [5.74, 6) is 0. The van der Waals surface area contributed by atoms with Gasteiger partial charge in [0.25, 0.3) is 0 Å². The van der Waals surface area contributed by atoms with Crippen LogP contribution in [0, 0.1) is 0 Å². The van der Waals surface area contributed by atoms with E-state index in [0.29, 0.717) is 0 Å². The van der Waals surface area contributed by atoms with E-state index in [0.717, 1.165) is 5.69 Å². The lowest BCUT2D eigenvalue weighted by Gasteiger charge is -2.12. The van der Waals surface area contributed by atoms with E-state index in [9.17, 15) is 0 Å². The Morgan fingerprint density at radius 1 is 1.06 bits per heavy atom. The third kappa shape index (κ3) is 2.61. The number of thiazole rings is 1. The quantitative estimate of drug-likeness (QED) is 0.782. The highest BCUT2D eigenvalue weighted by Crippen LogP contribution is 2.29. The number of hydrogen-bond acceptors (Lipinski definition) is 3. The molecule has 4 heteroatoms. The van der Waals surface area contributed by atoms with Crippen molar-refractivity contribution >= 4 is 16.5 Å². The molecule has 0 atom stereocenters. The summed E-state index contributed by atoms with van der Waals surface area (Å²) in [5, 5.41) is 3.33. The number of halogens is 1. The van der Waals surface area contributed by atoms with Crippen LogP contribution in [-0.4, -0.2) is 18.1 Å². The molecule has 2 aromatic rings. The van der Waals surface area contributed by atoms with Crippen LogP contribution in [-0.2, 0) is 0 Å². The summed E-state index contributed by atoms with van der Waals surface area (Å²) in [6.07, 6.45) is 2.61. The standard InChI is InChI=1S/C13H14N2S.ClH/c1-2-6-11(7-3-1)12-10-16-13(14-12)15-8-4-5-9-15;/h1-3,6-7,10H,4-5,8-9H2;1H/p-1. The van der Waals surface area contributed by atoms with Crippen LogP contribution in [0.15, 0.2) is 35.7 Å². The minimum Gasteiger partial charge on any atom is -1.00 e. The first kappa shape index (κ1) is 12.4. The van der Waals surface area contributed by atoms with Crippen molar-refractivity contribution in [3.8, 4) is 11.3 Å². The van der Waals surface area contributed by atoms with Gasteiger partial charge in [0.15, 0.2) is 5.13 Å². The summed E-state index contributed by atoms with van der Waals surface area (Å²) in [4.78, 5) is 7.09. The van der Waals surface area contributed by atoms with Crippen molar-refractivity contribution in [2.45, 2.75) is 12.8 Å². The second kappa shape index (κ2) is 5.52. The lowest BCUT2D eigenvalue weighted by atomic mass is 10.2. The molecule has 1 aromatic carbocycles. The van der Waals surface area contributed by atoms with E-state index in [2.05, 4.69) is 34.5 Å². The van der Waals surface area contributed by atoms with Crippen LogP contribution in [0.4, 0.5) is 5.13 Å². The lowest BCUT2D eigenvalue weighted by molar-refractivity contribution is -0.00000315. The summed E-state index contributed by atoms with van der Waals surface area (Å²) in [6, 6.07) is 10.4. The maximum Gasteiger partial charge on any atom is 0.185 e. The Bertz CT molecular complexity index is 463. The van der Waals surface area contributed by atoms with E-state index in [1.165, 1.54) is 36.6 Å². The summed E-state index contributed by atoms with van der Waals surface area (Å²) in [6.45, 7) is 2.34. The number of hydrogen-bond donors (Lipinski definition) is 0. The van der Waals surface area contributed by atoms with E-state index in [1.807, 2.05) is 6.07 Å². The van der Waals surface area contributed by atoms with Crippen molar-refractivity contribution < 1.29 is 12.4 Å². The zero-order valence-corrected chi connectivity index (χ0v) is 11.0. The molecule has 2 heterocycles. The maximum atomic E-state index is 4.71. The zero-order chi connectivity index (χ0) is 10.8. The van der Waals surface area contributed by atoms with Crippen LogP contribution < -0.4 is 17.3 Å². The fraction of sp³-hybridized carbons (Fsp3) is 0.308. The van der Waals surface area contributed by atoms with Crippen molar-refractivity contribution in [1.29, 1.82) is 0 Å². The largest absolute Gasteiger partial charge is 1.00 e. The van der Waals surface area contributed by atoms with Gasteiger partial charge in [-0.15, -0.1) is 11.3 Å². The summed E-state index contributed by atoms with van der Waals surface area (Å²) < 4.78 is 0. The molecular formula is C13H14ClN2S-. The Morgan fingerprint density at radius 3 is 2.47 bits per heavy atom. The second-order valence-corrected chi connectivity index (χ2v) is 4.91. The summed E-state index contributed by atoms with van der Waals surface area (Å²) in [7, 11) is 0. The fourth-order valence-corrected chi connectivity index (χ4v) is 2.95. The molecule has 1 aliphatic rings. The normalized spacial score (nSPS) is 14.7. The van der Waals surface area contributed by atoms with Gasteiger partial charge in [-0.1, -0.05) is 30.3 Å². The van der Waals surface area contributed by atoms with Gasteiger partial charge >= 0.3 is 0 Å². The minimum atomic E-state index is 0. The van der Waals surface area contributed by atoms with E-state index >= 15 is 0 Å². The fourth-order valence-electron chi connectivity index (χ4n) is 2.06. The molecule has 1 saturated heterocycles. The molecule has 2 nitrogen and oxygen atoms in total. The Labute approximate surface area is 112 Å². The summed E-state index contributed by atoms with van der Waals surface area (Å²) in [5.41, 5.74) is 2.32. The predicted octanol–water partition coefficient (Wildman–Crippen LogP) is 0.414. The average molecular weight is 266 g/mol. The van der Waals surface area contributed by atoms with Gasteiger partial charge in [0.05, 0.1) is 5.69 Å². The first-order valence-corrected chi connectivity index (χ1v) is 6.57. The van der Waals surface area contributed by atoms with Crippen LogP contribution in [0.5, 0.6) is 0 Å². The highest BCUT2D eigenvalue weighted by molar-refractivity contribution is 7.14. The molecule has 0 saturated carbocycles. The molecule has 0 aliphatic carbocycles. The van der Waals surface area contributed by atoms with Crippen LogP contribution >= 0.6 is 11.3 Å². The average Bonchev–Trinajstić information content (AvgIpc) is 3.01. The van der Waals surface area contributed by atoms with E-state index in [4.69, 9.17) is 4.98 Å². The van der Waals surface area contributed by atoms with Gasteiger partial charge in [0, 0.05) is 24.0 Å². The number of aromatic nitrogens is 1. The van der Waals surface area contributed by atoms with Crippen molar-refractivity contribution in [2.24, 2.45) is 0 Å². The first-order valence-electron chi connectivity index (χ1n) is 5.69. The van der Waals surface area contributed by atoms with Gasteiger partial charge in [-0.2, -0.15) is 0 Å². The summed E-state index contributed by atoms with van der Waals surface area (Å²) >= 11 is 1.76. The molecule has 1 fully saturated rings. The molecule has 3 rings (SSSR count). The van der Waals surface area contributed by atoms with Gasteiger partial charge in [-0.25, -0.2) is 4.98 Å². The second-order valence-electron chi connectivity index (χ2n) is 4.08. The van der Waals surface area contributed by atoms with Crippen molar-refractivity contribution in [1.82, 2.24) is 4.98 Å². The van der Waals surface area contributed by atoms with Crippen molar-refractivity contribution in [3.63, 3.8) is 0 Å². The van der Waals surface area contributed by atoms with Crippen molar-refractivity contribution in [3.05, 3.63) is 35.7 Å². The molecule has 0 bridgehead atoms. The van der Waals surface area contributed by atoms with Gasteiger partial charge in [0.1, 0.15) is 0 Å². The Balaban J connectivity index is 0.00000108. The zero-order valence-electron chi connectivity index (χ0n) is 9.47. The van der Waals surface area contributed by atoms with Gasteiger partial charge in [0.2, 0.25) is 0 Å². The SMILES string of the molecule is [Cl-].c1ccc(-c2csc(N3CCCC3)n2)cc1. The van der Waals surface area contributed by atoms with Gasteiger partial charge in [-0.05, 0) is 12.8 Å². The Hall–Kier alpha value is -1.06. The van der Waals surface area contributed by atoms with E-state index in [-0.39, 0.29) is 12.4 Å². The number of nitrogens with zero attached hydrogens (tertiary/aromatic N) is 2. The molecular weight excluding hydrogens is 252 g/mol. The van der Waals surface area contributed by atoms with Crippen molar-refractivity contribution in [2.75, 3.05) is 18.0 Å². The van der Waals surface area contributed by atoms with Crippen LogP contribution in [0.2, 0.25) is 0 Å². The molecule has 0 radical (unpaired) electrons. The topological polar surface area (TPSA) is 16.1 Å². The van der Waals surface area contributed by atoms with E-state index < -0.39 is 0 Å². The molecule has 17 heavy (non-hydrogen) atoms. The molecule has 0 amide bonds. The maximum absolute atomic E-state index is 4.71. The minimum absolute atomic E-state index is 0. The van der Waals surface area contributed by atoms with Crippen LogP contribution in [0.25, 0.3) is 11.3 Å². The van der Waals surface area contributed by atoms with Gasteiger partial charge in [-0.3, -0.25) is 0 Å². The lowest BCUT2D eigenvalue weighted by Crippen LogP contribution is -3.00. The Kier molecular flexibility index (Phi) is 4.02. The van der Waals surface area contributed by atoms with Crippen LogP contribution in [0.1, 0.15) is 12.8 Å². The van der Waals surface area contributed by atoms with E-state index in [1.54, 1.807) is 11.3 Å². The third-order valence-corrected chi connectivity index (χ3v) is 3.84. The molecule has 1 aliphatic heterocycles. The first-order chi connectivity index (χ1) is 7.93. The highest BCUT2D eigenvalue weighted by atomic mass is 35.5. The Morgan fingerprint density at radius 2 is 1.76 bits per heavy atom. The monoisotopic (exact) mass is 265 g/mol. The van der Waals surface area contributed by atoms with Gasteiger partial charge < -0.3 is 17.3 Å². The molecule has 90 valence electrons. The molecule has 0 spiro atoms. The molecule has 0 N–H and O–H groups in total. The molecule has 0 unspecified atom stereocenters. The number of rotatable bonds is 2. The highest BCUT2D eigenvalue weighted by Gasteiger charge is 2.15. The third-order valence-electron chi connectivity index (χ3n) is 2.94. The van der Waals surface area contributed by atoms with Crippen LogP contribution in [0.3, 0.4) is 0 Å². The predicted molar refractivity (Wildman–Crippen MR) is 69.0 cm³/mol. The smallest absolute Gasteiger partial charge is 0.185 e. The number of anilines is 1.